The van der Waals surface area contributed by atoms with Gasteiger partial charge in [0.1, 0.15) is 0 Å². The molecule has 0 saturated heterocycles. The third kappa shape index (κ3) is 4.34. The molecule has 7 heteroatoms. The van der Waals surface area contributed by atoms with E-state index in [4.69, 9.17) is 5.11 Å². The first kappa shape index (κ1) is 15.6. The van der Waals surface area contributed by atoms with Crippen LogP contribution in [-0.4, -0.2) is 52.0 Å². The lowest BCUT2D eigenvalue weighted by Gasteiger charge is -2.39. The van der Waals surface area contributed by atoms with Gasteiger partial charge in [0.2, 0.25) is 0 Å². The molecule has 2 saturated carbocycles. The van der Waals surface area contributed by atoms with Crippen LogP contribution in [0.4, 0.5) is 13.2 Å². The summed E-state index contributed by atoms with van der Waals surface area (Å²) >= 11 is 0. The van der Waals surface area contributed by atoms with E-state index in [9.17, 15) is 23.1 Å². The molecular weight excluding hydrogens is 275 g/mol. The van der Waals surface area contributed by atoms with E-state index in [0.29, 0.717) is 12.8 Å². The van der Waals surface area contributed by atoms with E-state index >= 15 is 0 Å². The number of hydrogen-bond acceptors (Lipinski definition) is 3. The van der Waals surface area contributed by atoms with Crippen molar-refractivity contribution >= 4 is 5.97 Å². The minimum Gasteiger partial charge on any atom is -0.481 e. The van der Waals surface area contributed by atoms with Crippen molar-refractivity contribution in [3.8, 4) is 0 Å². The lowest BCUT2D eigenvalue weighted by Crippen LogP contribution is -2.49. The first-order valence-electron chi connectivity index (χ1n) is 6.94. The molecule has 0 unspecified atom stereocenters. The molecule has 2 rings (SSSR count). The maximum Gasteiger partial charge on any atom is 0.401 e. The quantitative estimate of drug-likeness (QED) is 0.814. The molecular formula is C13H20F3NO3. The molecule has 2 fully saturated rings. The monoisotopic (exact) mass is 295 g/mol. The largest absolute Gasteiger partial charge is 0.481 e. The third-order valence-electron chi connectivity index (χ3n) is 4.21. The summed E-state index contributed by atoms with van der Waals surface area (Å²) in [6.45, 7) is -1.01. The van der Waals surface area contributed by atoms with Crippen molar-refractivity contribution < 1.29 is 28.2 Å². The fourth-order valence-corrected chi connectivity index (χ4v) is 2.92. The Bertz CT molecular complexity index is 360. The van der Waals surface area contributed by atoms with Gasteiger partial charge in [-0.1, -0.05) is 0 Å². The van der Waals surface area contributed by atoms with Crippen molar-refractivity contribution in [3.63, 3.8) is 0 Å². The highest BCUT2D eigenvalue weighted by atomic mass is 19.4. The van der Waals surface area contributed by atoms with Crippen molar-refractivity contribution in [2.45, 2.75) is 56.3 Å². The van der Waals surface area contributed by atoms with Crippen LogP contribution in [0.15, 0.2) is 0 Å². The molecule has 116 valence electrons. The van der Waals surface area contributed by atoms with Gasteiger partial charge in [-0.15, -0.1) is 0 Å². The summed E-state index contributed by atoms with van der Waals surface area (Å²) in [4.78, 5) is 12.2. The molecule has 4 nitrogen and oxygen atoms in total. The average Bonchev–Trinajstić information content (AvgIpc) is 3.10. The number of carboxylic acids is 1. The number of aliphatic hydroxyl groups is 1. The lowest BCUT2D eigenvalue weighted by molar-refractivity contribution is -0.157. The maximum absolute atomic E-state index is 12.5. The van der Waals surface area contributed by atoms with Crippen LogP contribution in [0.2, 0.25) is 0 Å². The predicted molar refractivity (Wildman–Crippen MR) is 65.2 cm³/mol. The van der Waals surface area contributed by atoms with Gasteiger partial charge >= 0.3 is 12.1 Å². The molecule has 2 N–H and O–H groups in total. The standard InChI is InChI=1S/C13H20F3NO3/c14-13(15,16)8-17(10-1-2-10)7-12(20)5-3-9(4-6-12)11(18)19/h9-10,20H,1-8H2,(H,18,19). The van der Waals surface area contributed by atoms with Gasteiger partial charge in [-0.25, -0.2) is 0 Å². The molecule has 0 aromatic rings. The van der Waals surface area contributed by atoms with Gasteiger partial charge < -0.3 is 10.2 Å². The number of carbonyl (C=O) groups is 1. The van der Waals surface area contributed by atoms with Gasteiger partial charge in [-0.3, -0.25) is 9.69 Å². The molecule has 0 aromatic heterocycles. The number of hydrogen-bond donors (Lipinski definition) is 2. The zero-order valence-electron chi connectivity index (χ0n) is 11.2. The summed E-state index contributed by atoms with van der Waals surface area (Å²) in [5.41, 5.74) is -1.18. The smallest absolute Gasteiger partial charge is 0.401 e. The van der Waals surface area contributed by atoms with Gasteiger partial charge in [0.25, 0.3) is 0 Å². The second-order valence-corrected chi connectivity index (χ2v) is 6.09. The van der Waals surface area contributed by atoms with E-state index in [0.717, 1.165) is 12.8 Å². The van der Waals surface area contributed by atoms with Gasteiger partial charge in [0, 0.05) is 12.6 Å². The molecule has 0 amide bonds. The van der Waals surface area contributed by atoms with E-state index in [1.54, 1.807) is 0 Å². The molecule has 0 spiro atoms. The molecule has 2 aliphatic carbocycles. The fraction of sp³-hybridized carbons (Fsp3) is 0.923. The highest BCUT2D eigenvalue weighted by Crippen LogP contribution is 2.37. The zero-order valence-corrected chi connectivity index (χ0v) is 11.2. The van der Waals surface area contributed by atoms with Crippen LogP contribution in [0, 0.1) is 5.92 Å². The highest BCUT2D eigenvalue weighted by molar-refractivity contribution is 5.70. The van der Waals surface area contributed by atoms with Crippen LogP contribution < -0.4 is 0 Å². The van der Waals surface area contributed by atoms with Crippen molar-refractivity contribution in [1.82, 2.24) is 4.90 Å². The summed E-state index contributed by atoms with van der Waals surface area (Å²) < 4.78 is 37.6. The van der Waals surface area contributed by atoms with E-state index in [-0.39, 0.29) is 25.4 Å². The lowest BCUT2D eigenvalue weighted by atomic mass is 9.78. The Morgan fingerprint density at radius 3 is 2.15 bits per heavy atom. The summed E-state index contributed by atoms with van der Waals surface area (Å²) in [6, 6.07) is -0.0853. The number of halogens is 3. The van der Waals surface area contributed by atoms with Crippen molar-refractivity contribution in [1.29, 1.82) is 0 Å². The molecule has 0 heterocycles. The average molecular weight is 295 g/mol. The molecule has 2 aliphatic rings. The van der Waals surface area contributed by atoms with Crippen LogP contribution in [0.3, 0.4) is 0 Å². The third-order valence-corrected chi connectivity index (χ3v) is 4.21. The van der Waals surface area contributed by atoms with Crippen LogP contribution >= 0.6 is 0 Å². The van der Waals surface area contributed by atoms with Gasteiger partial charge in [0.05, 0.1) is 18.1 Å². The van der Waals surface area contributed by atoms with Crippen molar-refractivity contribution in [2.75, 3.05) is 13.1 Å². The highest BCUT2D eigenvalue weighted by Gasteiger charge is 2.43. The number of alkyl halides is 3. The number of aliphatic carboxylic acids is 1. The maximum atomic E-state index is 12.5. The molecule has 0 radical (unpaired) electrons. The Labute approximate surface area is 115 Å². The number of rotatable bonds is 5. The van der Waals surface area contributed by atoms with Crippen LogP contribution in [0.1, 0.15) is 38.5 Å². The Morgan fingerprint density at radius 1 is 1.20 bits per heavy atom. The first-order chi connectivity index (χ1) is 9.19. The van der Waals surface area contributed by atoms with Gasteiger partial charge in [-0.05, 0) is 38.5 Å². The molecule has 0 bridgehead atoms. The Balaban J connectivity index is 1.91. The SMILES string of the molecule is O=C(O)C1CCC(O)(CN(CC(F)(F)F)C2CC2)CC1. The summed E-state index contributed by atoms with van der Waals surface area (Å²) in [5.74, 6) is -1.37. The van der Waals surface area contributed by atoms with Crippen molar-refractivity contribution in [3.05, 3.63) is 0 Å². The van der Waals surface area contributed by atoms with Crippen molar-refractivity contribution in [2.24, 2.45) is 5.92 Å². The van der Waals surface area contributed by atoms with Gasteiger partial charge in [0.15, 0.2) is 0 Å². The van der Waals surface area contributed by atoms with Gasteiger partial charge in [-0.2, -0.15) is 13.2 Å². The van der Waals surface area contributed by atoms with Crippen LogP contribution in [0.5, 0.6) is 0 Å². The second-order valence-electron chi connectivity index (χ2n) is 6.09. The summed E-state index contributed by atoms with van der Waals surface area (Å²) in [6.07, 6.45) is -1.62. The predicted octanol–water partition coefficient (Wildman–Crippen LogP) is 2.02. The first-order valence-corrected chi connectivity index (χ1v) is 6.94. The Kier molecular flexibility index (Phi) is 4.30. The molecule has 0 atom stereocenters. The minimum atomic E-state index is -4.27. The zero-order chi connectivity index (χ0) is 15.0. The van der Waals surface area contributed by atoms with E-state index in [1.807, 2.05) is 0 Å². The normalized spacial score (nSPS) is 31.6. The fourth-order valence-electron chi connectivity index (χ4n) is 2.92. The number of carboxylic acid groups (broad SMARTS) is 1. The Morgan fingerprint density at radius 2 is 1.75 bits per heavy atom. The summed E-state index contributed by atoms with van der Waals surface area (Å²) in [7, 11) is 0. The minimum absolute atomic E-state index is 0.0104. The van der Waals surface area contributed by atoms with E-state index < -0.39 is 30.2 Å². The van der Waals surface area contributed by atoms with Crippen LogP contribution in [0.25, 0.3) is 0 Å². The second kappa shape index (κ2) is 5.52. The molecule has 0 aliphatic heterocycles. The van der Waals surface area contributed by atoms with Crippen LogP contribution in [-0.2, 0) is 4.79 Å². The topological polar surface area (TPSA) is 60.8 Å². The van der Waals surface area contributed by atoms with E-state index in [1.165, 1.54) is 4.90 Å². The Hall–Kier alpha value is -0.820. The summed E-state index contributed by atoms with van der Waals surface area (Å²) in [5, 5.41) is 19.3. The number of nitrogens with zero attached hydrogens (tertiary/aromatic N) is 1. The van der Waals surface area contributed by atoms with E-state index in [2.05, 4.69) is 0 Å². The molecule has 20 heavy (non-hydrogen) atoms. The molecule has 0 aromatic carbocycles.